The monoisotopic (exact) mass is 258 g/mol. The predicted octanol–water partition coefficient (Wildman–Crippen LogP) is 3.66. The van der Waals surface area contributed by atoms with Crippen LogP contribution < -0.4 is 0 Å². The molecule has 0 heterocycles. The lowest BCUT2D eigenvalue weighted by Gasteiger charge is -2.19. The molecule has 1 aliphatic rings. The van der Waals surface area contributed by atoms with Crippen LogP contribution in [0.3, 0.4) is 0 Å². The molecule has 0 aromatic heterocycles. The molecule has 0 aliphatic heterocycles. The number of aryl methyl sites for hydroxylation is 1. The smallest absolute Gasteiger partial charge is 0.340 e. The summed E-state index contributed by atoms with van der Waals surface area (Å²) >= 11 is 12.3. The zero-order valence-electron chi connectivity index (χ0n) is 8.98. The van der Waals surface area contributed by atoms with Gasteiger partial charge in [0.15, 0.2) is 0 Å². The van der Waals surface area contributed by atoms with Gasteiger partial charge < -0.3 is 4.74 Å². The SMILES string of the molecule is COC(=O)c1c(Cl)cc2c(c1Cl)CCCC2. The number of methoxy groups -OCH3 is 1. The van der Waals surface area contributed by atoms with Crippen molar-refractivity contribution in [2.45, 2.75) is 25.7 Å². The number of esters is 1. The van der Waals surface area contributed by atoms with Gasteiger partial charge in [-0.1, -0.05) is 23.2 Å². The lowest BCUT2D eigenvalue weighted by molar-refractivity contribution is 0.0601. The Labute approximate surface area is 104 Å². The summed E-state index contributed by atoms with van der Waals surface area (Å²) in [6, 6.07) is 1.84. The van der Waals surface area contributed by atoms with Crippen molar-refractivity contribution in [2.75, 3.05) is 7.11 Å². The van der Waals surface area contributed by atoms with Crippen LogP contribution in [0.4, 0.5) is 0 Å². The number of carbonyl (C=O) groups is 1. The summed E-state index contributed by atoms with van der Waals surface area (Å²) in [6.07, 6.45) is 4.15. The lowest BCUT2D eigenvalue weighted by atomic mass is 9.90. The number of benzene rings is 1. The van der Waals surface area contributed by atoms with Gasteiger partial charge in [-0.05, 0) is 42.9 Å². The van der Waals surface area contributed by atoms with Crippen molar-refractivity contribution >= 4 is 29.2 Å². The second-order valence-electron chi connectivity index (χ2n) is 3.88. The fraction of sp³-hybridized carbons (Fsp3) is 0.417. The number of rotatable bonds is 1. The molecule has 16 heavy (non-hydrogen) atoms. The number of ether oxygens (including phenoxy) is 1. The lowest BCUT2D eigenvalue weighted by Crippen LogP contribution is -2.10. The summed E-state index contributed by atoms with van der Waals surface area (Å²) in [6.45, 7) is 0. The van der Waals surface area contributed by atoms with E-state index < -0.39 is 5.97 Å². The van der Waals surface area contributed by atoms with Crippen LogP contribution in [0.25, 0.3) is 0 Å². The van der Waals surface area contributed by atoms with Crippen LogP contribution in [0.5, 0.6) is 0 Å². The second-order valence-corrected chi connectivity index (χ2v) is 4.67. The van der Waals surface area contributed by atoms with E-state index >= 15 is 0 Å². The van der Waals surface area contributed by atoms with E-state index in [2.05, 4.69) is 4.74 Å². The van der Waals surface area contributed by atoms with Gasteiger partial charge in [0.2, 0.25) is 0 Å². The number of fused-ring (bicyclic) bond motifs is 1. The summed E-state index contributed by atoms with van der Waals surface area (Å²) in [5.41, 5.74) is 2.51. The minimum Gasteiger partial charge on any atom is -0.465 e. The zero-order chi connectivity index (χ0) is 11.7. The highest BCUT2D eigenvalue weighted by Gasteiger charge is 2.22. The van der Waals surface area contributed by atoms with Gasteiger partial charge in [-0.15, -0.1) is 0 Å². The van der Waals surface area contributed by atoms with Crippen molar-refractivity contribution in [3.05, 3.63) is 32.8 Å². The highest BCUT2D eigenvalue weighted by atomic mass is 35.5. The molecule has 4 heteroatoms. The minimum atomic E-state index is -0.469. The normalized spacial score (nSPS) is 14.4. The fourth-order valence-electron chi connectivity index (χ4n) is 2.11. The molecule has 2 rings (SSSR count). The van der Waals surface area contributed by atoms with E-state index in [-0.39, 0.29) is 0 Å². The third-order valence-corrected chi connectivity index (χ3v) is 3.64. The molecule has 0 N–H and O–H groups in total. The second kappa shape index (κ2) is 4.64. The Morgan fingerprint density at radius 2 is 2.00 bits per heavy atom. The summed E-state index contributed by atoms with van der Waals surface area (Å²) in [5.74, 6) is -0.469. The van der Waals surface area contributed by atoms with Gasteiger partial charge in [0.25, 0.3) is 0 Å². The van der Waals surface area contributed by atoms with Gasteiger partial charge in [0.1, 0.15) is 0 Å². The summed E-state index contributed by atoms with van der Waals surface area (Å²) < 4.78 is 4.68. The maximum absolute atomic E-state index is 11.5. The molecule has 1 aromatic rings. The van der Waals surface area contributed by atoms with E-state index in [9.17, 15) is 4.79 Å². The molecule has 0 bridgehead atoms. The molecule has 0 unspecified atom stereocenters. The summed E-state index contributed by atoms with van der Waals surface area (Å²) in [7, 11) is 1.33. The van der Waals surface area contributed by atoms with Crippen LogP contribution in [0.15, 0.2) is 6.07 Å². The van der Waals surface area contributed by atoms with Gasteiger partial charge in [-0.25, -0.2) is 4.79 Å². The molecular formula is C12H12Cl2O2. The van der Waals surface area contributed by atoms with Crippen LogP contribution in [0.1, 0.15) is 34.3 Å². The molecule has 1 aliphatic carbocycles. The molecule has 86 valence electrons. The Balaban J connectivity index is 2.58. The molecule has 0 saturated heterocycles. The topological polar surface area (TPSA) is 26.3 Å². The third kappa shape index (κ3) is 1.92. The number of hydrogen-bond acceptors (Lipinski definition) is 2. The largest absolute Gasteiger partial charge is 0.465 e. The number of halogens is 2. The van der Waals surface area contributed by atoms with Crippen molar-refractivity contribution in [3.8, 4) is 0 Å². The standard InChI is InChI=1S/C12H12Cl2O2/c1-16-12(15)10-9(13)6-7-4-2-3-5-8(7)11(10)14/h6H,2-5H2,1H3. The average molecular weight is 259 g/mol. The van der Waals surface area contributed by atoms with E-state index in [0.717, 1.165) is 36.8 Å². The Hall–Kier alpha value is -0.730. The van der Waals surface area contributed by atoms with E-state index in [0.29, 0.717) is 15.6 Å². The molecule has 0 fully saturated rings. The minimum absolute atomic E-state index is 0.298. The third-order valence-electron chi connectivity index (χ3n) is 2.92. The molecule has 1 aromatic carbocycles. The van der Waals surface area contributed by atoms with Crippen LogP contribution in [0, 0.1) is 0 Å². The van der Waals surface area contributed by atoms with E-state index in [1.165, 1.54) is 7.11 Å². The van der Waals surface area contributed by atoms with Crippen molar-refractivity contribution in [3.63, 3.8) is 0 Å². The molecule has 0 saturated carbocycles. The molecule has 0 radical (unpaired) electrons. The first-order chi connectivity index (χ1) is 7.65. The Morgan fingerprint density at radius 3 is 2.69 bits per heavy atom. The fourth-order valence-corrected chi connectivity index (χ4v) is 2.86. The molecule has 0 spiro atoms. The van der Waals surface area contributed by atoms with Crippen molar-refractivity contribution < 1.29 is 9.53 Å². The van der Waals surface area contributed by atoms with Gasteiger partial charge in [-0.2, -0.15) is 0 Å². The number of hydrogen-bond donors (Lipinski definition) is 0. The van der Waals surface area contributed by atoms with E-state index in [1.54, 1.807) is 0 Å². The summed E-state index contributed by atoms with van der Waals surface area (Å²) in [4.78, 5) is 11.5. The molecule has 0 atom stereocenters. The van der Waals surface area contributed by atoms with E-state index in [1.807, 2.05) is 6.07 Å². The maximum Gasteiger partial charge on any atom is 0.340 e. The molecule has 0 amide bonds. The first-order valence-corrected chi connectivity index (χ1v) is 5.98. The molecule has 2 nitrogen and oxygen atoms in total. The highest BCUT2D eigenvalue weighted by molar-refractivity contribution is 6.40. The van der Waals surface area contributed by atoms with Gasteiger partial charge in [0, 0.05) is 0 Å². The van der Waals surface area contributed by atoms with Crippen molar-refractivity contribution in [1.29, 1.82) is 0 Å². The van der Waals surface area contributed by atoms with Crippen LogP contribution in [0.2, 0.25) is 10.0 Å². The van der Waals surface area contributed by atoms with Gasteiger partial charge in [-0.3, -0.25) is 0 Å². The first-order valence-electron chi connectivity index (χ1n) is 5.23. The quantitative estimate of drug-likeness (QED) is 0.719. The Bertz CT molecular complexity index is 441. The van der Waals surface area contributed by atoms with Gasteiger partial charge >= 0.3 is 5.97 Å². The zero-order valence-corrected chi connectivity index (χ0v) is 10.5. The Kier molecular flexibility index (Phi) is 3.41. The first kappa shape index (κ1) is 11.7. The summed E-state index contributed by atoms with van der Waals surface area (Å²) in [5, 5.41) is 0.853. The highest BCUT2D eigenvalue weighted by Crippen LogP contribution is 2.35. The molecular weight excluding hydrogens is 247 g/mol. The van der Waals surface area contributed by atoms with Gasteiger partial charge in [0.05, 0.1) is 22.7 Å². The maximum atomic E-state index is 11.5. The number of carbonyl (C=O) groups excluding carboxylic acids is 1. The average Bonchev–Trinajstić information content (AvgIpc) is 2.28. The van der Waals surface area contributed by atoms with E-state index in [4.69, 9.17) is 23.2 Å². The Morgan fingerprint density at radius 1 is 1.31 bits per heavy atom. The van der Waals surface area contributed by atoms with Crippen LogP contribution in [-0.2, 0) is 17.6 Å². The van der Waals surface area contributed by atoms with Crippen LogP contribution >= 0.6 is 23.2 Å². The van der Waals surface area contributed by atoms with Crippen molar-refractivity contribution in [1.82, 2.24) is 0 Å². The van der Waals surface area contributed by atoms with Crippen molar-refractivity contribution in [2.24, 2.45) is 0 Å². The van der Waals surface area contributed by atoms with Crippen LogP contribution in [-0.4, -0.2) is 13.1 Å². The predicted molar refractivity (Wildman–Crippen MR) is 64.4 cm³/mol.